The molecule has 2 rings (SSSR count). The summed E-state index contributed by atoms with van der Waals surface area (Å²) in [5, 5.41) is 2.87. The first-order valence-corrected chi connectivity index (χ1v) is 7.99. The highest BCUT2D eigenvalue weighted by Gasteiger charge is 2.31. The highest BCUT2D eigenvalue weighted by atomic mass is 32.2. The fraction of sp³-hybridized carbons (Fsp3) is 0.500. The van der Waals surface area contributed by atoms with Crippen LogP contribution in [0.3, 0.4) is 0 Å². The van der Waals surface area contributed by atoms with Gasteiger partial charge in [0.2, 0.25) is 15.9 Å². The Bertz CT molecular complexity index is 596. The van der Waals surface area contributed by atoms with Crippen LogP contribution in [0.15, 0.2) is 29.2 Å². The number of rotatable bonds is 3. The van der Waals surface area contributed by atoms with E-state index in [-0.39, 0.29) is 16.2 Å². The standard InChI is InChI=1S/C14H20N2O3S/c1-14(9-8-13(17)15-10-14)11-4-6-12(7-5-11)20(18,19)16(2)3/h4-7H,8-10H2,1-3H3,(H,15,17). The fourth-order valence-electron chi connectivity index (χ4n) is 2.35. The Morgan fingerprint density at radius 2 is 1.80 bits per heavy atom. The van der Waals surface area contributed by atoms with Crippen LogP contribution in [0.5, 0.6) is 0 Å². The zero-order chi connectivity index (χ0) is 15.0. The number of hydrogen-bond acceptors (Lipinski definition) is 3. The lowest BCUT2D eigenvalue weighted by molar-refractivity contribution is -0.123. The Hall–Kier alpha value is -1.40. The molecule has 0 aliphatic carbocycles. The van der Waals surface area contributed by atoms with Gasteiger partial charge in [-0.15, -0.1) is 0 Å². The van der Waals surface area contributed by atoms with Gasteiger partial charge >= 0.3 is 0 Å². The number of sulfonamides is 1. The largest absolute Gasteiger partial charge is 0.355 e. The van der Waals surface area contributed by atoms with Gasteiger partial charge in [0.25, 0.3) is 0 Å². The molecule has 1 amide bonds. The number of carbonyl (C=O) groups is 1. The number of amides is 1. The van der Waals surface area contributed by atoms with Gasteiger partial charge in [-0.25, -0.2) is 12.7 Å². The maximum absolute atomic E-state index is 12.0. The molecule has 0 bridgehead atoms. The Morgan fingerprint density at radius 1 is 1.20 bits per heavy atom. The van der Waals surface area contributed by atoms with Crippen molar-refractivity contribution >= 4 is 15.9 Å². The monoisotopic (exact) mass is 296 g/mol. The van der Waals surface area contributed by atoms with Gasteiger partial charge in [-0.1, -0.05) is 19.1 Å². The molecular formula is C14H20N2O3S. The third-order valence-electron chi connectivity index (χ3n) is 3.91. The zero-order valence-corrected chi connectivity index (χ0v) is 12.8. The van der Waals surface area contributed by atoms with E-state index in [2.05, 4.69) is 12.2 Å². The minimum Gasteiger partial charge on any atom is -0.355 e. The van der Waals surface area contributed by atoms with E-state index in [4.69, 9.17) is 0 Å². The van der Waals surface area contributed by atoms with Gasteiger partial charge in [-0.3, -0.25) is 4.79 Å². The first-order chi connectivity index (χ1) is 9.25. The summed E-state index contributed by atoms with van der Waals surface area (Å²) in [5.74, 6) is 0.0780. The SMILES string of the molecule is CN(C)S(=O)(=O)c1ccc(C2(C)CCC(=O)NC2)cc1. The number of hydrogen-bond donors (Lipinski definition) is 1. The summed E-state index contributed by atoms with van der Waals surface area (Å²) >= 11 is 0. The van der Waals surface area contributed by atoms with Crippen LogP contribution in [0.4, 0.5) is 0 Å². The third-order valence-corrected chi connectivity index (χ3v) is 5.74. The lowest BCUT2D eigenvalue weighted by Crippen LogP contribution is -2.44. The van der Waals surface area contributed by atoms with Crippen molar-refractivity contribution in [3.8, 4) is 0 Å². The Balaban J connectivity index is 2.27. The molecule has 1 aliphatic rings. The zero-order valence-electron chi connectivity index (χ0n) is 12.0. The molecule has 1 heterocycles. The van der Waals surface area contributed by atoms with Crippen molar-refractivity contribution in [3.63, 3.8) is 0 Å². The summed E-state index contributed by atoms with van der Waals surface area (Å²) in [7, 11) is -0.359. The summed E-state index contributed by atoms with van der Waals surface area (Å²) in [4.78, 5) is 11.5. The predicted molar refractivity (Wildman–Crippen MR) is 76.9 cm³/mol. The first kappa shape index (κ1) is 15.0. The molecule has 1 aliphatic heterocycles. The van der Waals surface area contributed by atoms with Crippen molar-refractivity contribution in [3.05, 3.63) is 29.8 Å². The molecule has 1 N–H and O–H groups in total. The van der Waals surface area contributed by atoms with Crippen LogP contribution >= 0.6 is 0 Å². The normalized spacial score (nSPS) is 23.7. The van der Waals surface area contributed by atoms with E-state index in [1.807, 2.05) is 12.1 Å². The highest BCUT2D eigenvalue weighted by molar-refractivity contribution is 7.89. The maximum Gasteiger partial charge on any atom is 0.242 e. The second kappa shape index (κ2) is 5.18. The van der Waals surface area contributed by atoms with E-state index in [0.717, 1.165) is 12.0 Å². The average molecular weight is 296 g/mol. The molecule has 0 radical (unpaired) electrons. The van der Waals surface area contributed by atoms with Crippen molar-refractivity contribution in [2.24, 2.45) is 0 Å². The molecule has 1 aromatic rings. The smallest absolute Gasteiger partial charge is 0.242 e. The quantitative estimate of drug-likeness (QED) is 0.908. The lowest BCUT2D eigenvalue weighted by Gasteiger charge is -2.34. The second-order valence-electron chi connectivity index (χ2n) is 5.65. The minimum atomic E-state index is -3.39. The molecule has 1 unspecified atom stereocenters. The van der Waals surface area contributed by atoms with E-state index >= 15 is 0 Å². The van der Waals surface area contributed by atoms with E-state index in [1.54, 1.807) is 12.1 Å². The summed E-state index contributed by atoms with van der Waals surface area (Å²) in [5.41, 5.74) is 0.920. The van der Waals surface area contributed by atoms with Crippen molar-refractivity contribution in [2.75, 3.05) is 20.6 Å². The molecule has 1 fully saturated rings. The van der Waals surface area contributed by atoms with Gasteiger partial charge < -0.3 is 5.32 Å². The predicted octanol–water partition coefficient (Wildman–Crippen LogP) is 1.10. The van der Waals surface area contributed by atoms with Crippen LogP contribution in [-0.4, -0.2) is 39.3 Å². The van der Waals surface area contributed by atoms with Gasteiger partial charge in [0.05, 0.1) is 4.90 Å². The summed E-state index contributed by atoms with van der Waals surface area (Å²) < 4.78 is 25.2. The van der Waals surface area contributed by atoms with E-state index in [0.29, 0.717) is 13.0 Å². The fourth-order valence-corrected chi connectivity index (χ4v) is 3.25. The van der Waals surface area contributed by atoms with Crippen LogP contribution in [0.25, 0.3) is 0 Å². The van der Waals surface area contributed by atoms with Crippen molar-refractivity contribution in [1.82, 2.24) is 9.62 Å². The van der Waals surface area contributed by atoms with Gasteiger partial charge in [0.15, 0.2) is 0 Å². The molecular weight excluding hydrogens is 276 g/mol. The van der Waals surface area contributed by atoms with Crippen LogP contribution in [0.2, 0.25) is 0 Å². The van der Waals surface area contributed by atoms with Crippen LogP contribution in [0, 0.1) is 0 Å². The molecule has 0 saturated carbocycles. The third kappa shape index (κ3) is 2.71. The second-order valence-corrected chi connectivity index (χ2v) is 7.80. The van der Waals surface area contributed by atoms with Gasteiger partial charge in [-0.05, 0) is 24.1 Å². The summed E-state index contributed by atoms with van der Waals surface area (Å²) in [6.07, 6.45) is 1.28. The molecule has 1 saturated heterocycles. The molecule has 20 heavy (non-hydrogen) atoms. The molecule has 0 aromatic heterocycles. The van der Waals surface area contributed by atoms with Crippen molar-refractivity contribution in [1.29, 1.82) is 0 Å². The highest BCUT2D eigenvalue weighted by Crippen LogP contribution is 2.31. The lowest BCUT2D eigenvalue weighted by atomic mass is 9.76. The Morgan fingerprint density at radius 3 is 2.25 bits per heavy atom. The first-order valence-electron chi connectivity index (χ1n) is 6.55. The Kier molecular flexibility index (Phi) is 3.88. The number of piperidine rings is 1. The number of carbonyl (C=O) groups excluding carboxylic acids is 1. The topological polar surface area (TPSA) is 66.5 Å². The van der Waals surface area contributed by atoms with Gasteiger partial charge in [0, 0.05) is 32.5 Å². The molecule has 1 aromatic carbocycles. The molecule has 1 atom stereocenters. The van der Waals surface area contributed by atoms with Crippen LogP contribution in [0.1, 0.15) is 25.3 Å². The Labute approximate surface area is 120 Å². The summed E-state index contributed by atoms with van der Waals surface area (Å²) in [6, 6.07) is 6.94. The van der Waals surface area contributed by atoms with E-state index < -0.39 is 10.0 Å². The molecule has 110 valence electrons. The molecule has 5 nitrogen and oxygen atoms in total. The van der Waals surface area contributed by atoms with Crippen molar-refractivity contribution < 1.29 is 13.2 Å². The maximum atomic E-state index is 12.0. The number of nitrogens with zero attached hydrogens (tertiary/aromatic N) is 1. The number of benzene rings is 1. The number of nitrogens with one attached hydrogen (secondary N) is 1. The molecule has 6 heteroatoms. The van der Waals surface area contributed by atoms with Gasteiger partial charge in [-0.2, -0.15) is 0 Å². The minimum absolute atomic E-state index is 0.0780. The van der Waals surface area contributed by atoms with E-state index in [1.165, 1.54) is 18.4 Å². The van der Waals surface area contributed by atoms with Crippen LogP contribution < -0.4 is 5.32 Å². The van der Waals surface area contributed by atoms with Gasteiger partial charge in [0.1, 0.15) is 0 Å². The van der Waals surface area contributed by atoms with E-state index in [9.17, 15) is 13.2 Å². The average Bonchev–Trinajstić information content (AvgIpc) is 2.42. The molecule has 0 spiro atoms. The summed E-state index contributed by atoms with van der Waals surface area (Å²) in [6.45, 7) is 2.67. The van der Waals surface area contributed by atoms with Crippen LogP contribution in [-0.2, 0) is 20.2 Å². The van der Waals surface area contributed by atoms with Crippen molar-refractivity contribution in [2.45, 2.75) is 30.1 Å².